The lowest BCUT2D eigenvalue weighted by Crippen LogP contribution is -2.24. The minimum Gasteiger partial charge on any atom is -0.496 e. The van der Waals surface area contributed by atoms with E-state index in [1.54, 1.807) is 13.3 Å². The van der Waals surface area contributed by atoms with Crippen LogP contribution in [0.1, 0.15) is 67.4 Å². The Balaban J connectivity index is 1.34. The minimum atomic E-state index is -0.162. The van der Waals surface area contributed by atoms with Gasteiger partial charge in [0.05, 0.1) is 29.7 Å². The van der Waals surface area contributed by atoms with Crippen LogP contribution in [0, 0.1) is 0 Å². The molecule has 1 atom stereocenters. The van der Waals surface area contributed by atoms with Gasteiger partial charge in [0.25, 0.3) is 0 Å². The van der Waals surface area contributed by atoms with Crippen LogP contribution < -0.4 is 14.8 Å². The number of ether oxygens (including phenoxy) is 2. The zero-order valence-corrected chi connectivity index (χ0v) is 23.3. The zero-order chi connectivity index (χ0) is 27.4. The van der Waals surface area contributed by atoms with E-state index in [2.05, 4.69) is 79.1 Å². The van der Waals surface area contributed by atoms with Gasteiger partial charge in [-0.1, -0.05) is 31.2 Å². The molecule has 0 spiro atoms. The topological polar surface area (TPSA) is 61.2 Å². The molecule has 0 aliphatic carbocycles. The third-order valence-electron chi connectivity index (χ3n) is 6.80. The van der Waals surface area contributed by atoms with Crippen molar-refractivity contribution in [3.8, 4) is 11.5 Å². The molecule has 0 fully saturated rings. The summed E-state index contributed by atoms with van der Waals surface area (Å²) in [6.45, 7) is 10.2. The monoisotopic (exact) mass is 520 g/mol. The maximum absolute atomic E-state index is 5.91. The summed E-state index contributed by atoms with van der Waals surface area (Å²) in [7, 11) is 1.67. The summed E-state index contributed by atoms with van der Waals surface area (Å²) < 4.78 is 13.6. The highest BCUT2D eigenvalue weighted by atomic mass is 16.5. The van der Waals surface area contributed by atoms with Crippen LogP contribution in [0.2, 0.25) is 0 Å². The number of hydrogen-bond donors (Lipinski definition) is 1. The van der Waals surface area contributed by atoms with E-state index in [0.29, 0.717) is 12.5 Å². The van der Waals surface area contributed by atoms with Gasteiger partial charge in [-0.15, -0.1) is 0 Å². The molecule has 200 valence electrons. The van der Waals surface area contributed by atoms with Crippen molar-refractivity contribution in [2.45, 2.75) is 45.8 Å². The number of benzene rings is 2. The standard InChI is InChI=1S/C33H36N4O2/c1-23-21-35-31-18-24(10-16-30(23)31)9-14-28-19-26(36-37(28)33(2,3)4)13-11-25-12-15-29(20-32(25)38-5)39-22-27-8-6-7-17-34-27/h6-20,23,35H,21-22H2,1-5H3/b13-11+,14-9+. The molecular weight excluding hydrogens is 484 g/mol. The predicted octanol–water partition coefficient (Wildman–Crippen LogP) is 7.49. The van der Waals surface area contributed by atoms with Gasteiger partial charge in [0.15, 0.2) is 0 Å². The van der Waals surface area contributed by atoms with E-state index in [1.165, 1.54) is 16.8 Å². The van der Waals surface area contributed by atoms with Crippen LogP contribution >= 0.6 is 0 Å². The number of nitrogens with one attached hydrogen (secondary N) is 1. The quantitative estimate of drug-likeness (QED) is 0.261. The lowest BCUT2D eigenvalue weighted by Gasteiger charge is -2.21. The molecule has 0 amide bonds. The van der Waals surface area contributed by atoms with Crippen LogP contribution in [0.3, 0.4) is 0 Å². The van der Waals surface area contributed by atoms with Crippen molar-refractivity contribution in [3.63, 3.8) is 0 Å². The van der Waals surface area contributed by atoms with Crippen LogP contribution in [0.15, 0.2) is 66.9 Å². The number of fused-ring (bicyclic) bond motifs is 1. The van der Waals surface area contributed by atoms with E-state index in [1.807, 2.05) is 48.6 Å². The molecule has 39 heavy (non-hydrogen) atoms. The van der Waals surface area contributed by atoms with Gasteiger partial charge in [-0.3, -0.25) is 9.67 Å². The first-order valence-electron chi connectivity index (χ1n) is 13.4. The van der Waals surface area contributed by atoms with E-state index in [-0.39, 0.29) is 5.54 Å². The summed E-state index contributed by atoms with van der Waals surface area (Å²) in [5.74, 6) is 2.03. The van der Waals surface area contributed by atoms with Gasteiger partial charge in [-0.2, -0.15) is 5.10 Å². The van der Waals surface area contributed by atoms with Crippen LogP contribution in [0.25, 0.3) is 24.3 Å². The second-order valence-corrected chi connectivity index (χ2v) is 10.9. The molecule has 4 aromatic rings. The average molecular weight is 521 g/mol. The summed E-state index contributed by atoms with van der Waals surface area (Å²) in [4.78, 5) is 4.31. The Bertz CT molecular complexity index is 1500. The Labute approximate surface area is 231 Å². The third-order valence-corrected chi connectivity index (χ3v) is 6.80. The highest BCUT2D eigenvalue weighted by molar-refractivity contribution is 5.75. The maximum atomic E-state index is 5.91. The van der Waals surface area contributed by atoms with Crippen LogP contribution in [0.5, 0.6) is 11.5 Å². The van der Waals surface area contributed by atoms with Crippen LogP contribution in [0.4, 0.5) is 5.69 Å². The molecule has 5 rings (SSSR count). The van der Waals surface area contributed by atoms with Crippen molar-refractivity contribution >= 4 is 30.0 Å². The first-order chi connectivity index (χ1) is 18.8. The van der Waals surface area contributed by atoms with Crippen molar-refractivity contribution in [1.82, 2.24) is 14.8 Å². The summed E-state index contributed by atoms with van der Waals surface area (Å²) in [5, 5.41) is 8.41. The molecule has 0 radical (unpaired) electrons. The van der Waals surface area contributed by atoms with Gasteiger partial charge in [-0.05, 0) is 86.5 Å². The second-order valence-electron chi connectivity index (χ2n) is 10.9. The molecule has 3 heterocycles. The highest BCUT2D eigenvalue weighted by Gasteiger charge is 2.19. The molecule has 0 bridgehead atoms. The fraction of sp³-hybridized carbons (Fsp3) is 0.273. The number of pyridine rings is 1. The Kier molecular flexibility index (Phi) is 7.55. The molecule has 1 N–H and O–H groups in total. The van der Waals surface area contributed by atoms with Gasteiger partial charge in [0, 0.05) is 36.0 Å². The third kappa shape index (κ3) is 6.23. The van der Waals surface area contributed by atoms with Gasteiger partial charge in [-0.25, -0.2) is 0 Å². The van der Waals surface area contributed by atoms with Crippen LogP contribution in [-0.4, -0.2) is 28.4 Å². The molecular formula is C33H36N4O2. The lowest BCUT2D eigenvalue weighted by atomic mass is 10.0. The van der Waals surface area contributed by atoms with Crippen molar-refractivity contribution in [2.24, 2.45) is 0 Å². The Morgan fingerprint density at radius 1 is 1.00 bits per heavy atom. The number of hydrogen-bond acceptors (Lipinski definition) is 5. The molecule has 1 aliphatic rings. The summed E-state index contributed by atoms with van der Waals surface area (Å²) in [5.41, 5.74) is 7.39. The van der Waals surface area contributed by atoms with E-state index in [4.69, 9.17) is 14.6 Å². The molecule has 0 saturated carbocycles. The fourth-order valence-corrected chi connectivity index (χ4v) is 4.70. The molecule has 2 aromatic carbocycles. The number of methoxy groups -OCH3 is 1. The second kappa shape index (κ2) is 11.2. The SMILES string of the molecule is COc1cc(OCc2ccccn2)ccc1/C=C/c1cc(/C=C/c2ccc3c(c2)NCC3C)n(C(C)(C)C)n1. The first kappa shape index (κ1) is 26.3. The largest absolute Gasteiger partial charge is 0.496 e. The van der Waals surface area contributed by atoms with E-state index in [0.717, 1.165) is 40.7 Å². The Morgan fingerprint density at radius 2 is 1.87 bits per heavy atom. The molecule has 1 unspecified atom stereocenters. The van der Waals surface area contributed by atoms with Gasteiger partial charge >= 0.3 is 0 Å². The van der Waals surface area contributed by atoms with E-state index < -0.39 is 0 Å². The predicted molar refractivity (Wildman–Crippen MR) is 160 cm³/mol. The van der Waals surface area contributed by atoms with Crippen molar-refractivity contribution in [2.75, 3.05) is 19.0 Å². The molecule has 6 nitrogen and oxygen atoms in total. The summed E-state index contributed by atoms with van der Waals surface area (Å²) in [6, 6.07) is 20.4. The van der Waals surface area contributed by atoms with E-state index in [9.17, 15) is 0 Å². The summed E-state index contributed by atoms with van der Waals surface area (Å²) in [6.07, 6.45) is 10.1. The minimum absolute atomic E-state index is 0.162. The summed E-state index contributed by atoms with van der Waals surface area (Å²) >= 11 is 0. The van der Waals surface area contributed by atoms with Crippen molar-refractivity contribution in [3.05, 3.63) is 101 Å². The Hall–Kier alpha value is -4.32. The zero-order valence-electron chi connectivity index (χ0n) is 23.3. The first-order valence-corrected chi connectivity index (χ1v) is 13.4. The van der Waals surface area contributed by atoms with Gasteiger partial charge in [0.2, 0.25) is 0 Å². The molecule has 6 heteroatoms. The van der Waals surface area contributed by atoms with E-state index >= 15 is 0 Å². The van der Waals surface area contributed by atoms with Gasteiger partial charge < -0.3 is 14.8 Å². The normalized spacial score (nSPS) is 15.1. The fourth-order valence-electron chi connectivity index (χ4n) is 4.70. The van der Waals surface area contributed by atoms with Crippen LogP contribution in [-0.2, 0) is 12.1 Å². The molecule has 0 saturated heterocycles. The van der Waals surface area contributed by atoms with Crippen molar-refractivity contribution < 1.29 is 9.47 Å². The average Bonchev–Trinajstić information content (AvgIpc) is 3.53. The Morgan fingerprint density at radius 3 is 2.64 bits per heavy atom. The van der Waals surface area contributed by atoms with Gasteiger partial charge in [0.1, 0.15) is 18.1 Å². The van der Waals surface area contributed by atoms with Crippen molar-refractivity contribution in [1.29, 1.82) is 0 Å². The number of rotatable bonds is 8. The maximum Gasteiger partial charge on any atom is 0.130 e. The number of nitrogens with zero attached hydrogens (tertiary/aromatic N) is 3. The molecule has 1 aliphatic heterocycles. The smallest absolute Gasteiger partial charge is 0.130 e. The number of anilines is 1. The number of aromatic nitrogens is 3. The molecule has 2 aromatic heterocycles. The highest BCUT2D eigenvalue weighted by Crippen LogP contribution is 2.32. The lowest BCUT2D eigenvalue weighted by molar-refractivity contribution is 0.299.